The monoisotopic (exact) mass is 320 g/mol. The van der Waals surface area contributed by atoms with Crippen LogP contribution in [-0.4, -0.2) is 15.9 Å². The van der Waals surface area contributed by atoms with Gasteiger partial charge in [0.2, 0.25) is 11.9 Å². The van der Waals surface area contributed by atoms with Gasteiger partial charge in [-0.2, -0.15) is 0 Å². The number of aryl methyl sites for hydroxylation is 1. The number of benzene rings is 2. The highest BCUT2D eigenvalue weighted by Gasteiger charge is 2.20. The van der Waals surface area contributed by atoms with Gasteiger partial charge in [0, 0.05) is 6.92 Å². The van der Waals surface area contributed by atoms with Crippen molar-refractivity contribution in [2.75, 3.05) is 10.6 Å². The number of hydrogen-bond donors (Lipinski definition) is 3. The van der Waals surface area contributed by atoms with E-state index in [0.29, 0.717) is 0 Å². The number of fused-ring (bicyclic) bond motifs is 2. The number of imidazole rings is 1. The average molecular weight is 320 g/mol. The number of aromatic amines is 1. The molecule has 1 heterocycles. The molecule has 5 heteroatoms. The number of carbonyl (C=O) groups is 1. The number of nitrogens with zero attached hydrogens (tertiary/aromatic N) is 1. The Morgan fingerprint density at radius 3 is 2.96 bits per heavy atom. The van der Waals surface area contributed by atoms with Gasteiger partial charge in [-0.05, 0) is 42.5 Å². The van der Waals surface area contributed by atoms with Gasteiger partial charge in [-0.1, -0.05) is 30.3 Å². The van der Waals surface area contributed by atoms with Crippen LogP contribution in [0.5, 0.6) is 0 Å². The van der Waals surface area contributed by atoms with E-state index in [1.165, 1.54) is 24.5 Å². The second kappa shape index (κ2) is 6.00. The molecular formula is C19H20N4O. The van der Waals surface area contributed by atoms with Crippen molar-refractivity contribution in [1.82, 2.24) is 9.97 Å². The van der Waals surface area contributed by atoms with Crippen molar-refractivity contribution in [3.8, 4) is 0 Å². The van der Waals surface area contributed by atoms with E-state index < -0.39 is 0 Å². The minimum atomic E-state index is -0.0961. The lowest BCUT2D eigenvalue weighted by molar-refractivity contribution is -0.114. The van der Waals surface area contributed by atoms with Crippen molar-refractivity contribution in [1.29, 1.82) is 0 Å². The molecule has 0 fully saturated rings. The second-order valence-corrected chi connectivity index (χ2v) is 6.26. The van der Waals surface area contributed by atoms with E-state index >= 15 is 0 Å². The van der Waals surface area contributed by atoms with Crippen LogP contribution >= 0.6 is 0 Å². The number of carbonyl (C=O) groups excluding carboxylic acids is 1. The minimum Gasteiger partial charge on any atom is -0.349 e. The Balaban J connectivity index is 1.65. The van der Waals surface area contributed by atoms with Crippen molar-refractivity contribution in [2.45, 2.75) is 32.2 Å². The number of amides is 1. The zero-order chi connectivity index (χ0) is 16.5. The normalized spacial score (nSPS) is 16.6. The topological polar surface area (TPSA) is 69.8 Å². The lowest BCUT2D eigenvalue weighted by Crippen LogP contribution is -2.17. The van der Waals surface area contributed by atoms with Crippen LogP contribution < -0.4 is 10.6 Å². The Morgan fingerprint density at radius 2 is 2.08 bits per heavy atom. The van der Waals surface area contributed by atoms with Crippen molar-refractivity contribution in [3.05, 3.63) is 53.6 Å². The third kappa shape index (κ3) is 2.73. The predicted molar refractivity (Wildman–Crippen MR) is 96.1 cm³/mol. The fraction of sp³-hybridized carbons (Fsp3) is 0.263. The quantitative estimate of drug-likeness (QED) is 0.683. The molecule has 4 rings (SSSR count). The smallest absolute Gasteiger partial charge is 0.221 e. The summed E-state index contributed by atoms with van der Waals surface area (Å²) < 4.78 is 0. The summed E-state index contributed by atoms with van der Waals surface area (Å²) in [6.07, 6.45) is 3.40. The minimum absolute atomic E-state index is 0.0961. The molecule has 1 aliphatic rings. The zero-order valence-corrected chi connectivity index (χ0v) is 13.6. The third-order valence-electron chi connectivity index (χ3n) is 4.50. The van der Waals surface area contributed by atoms with Gasteiger partial charge in [-0.25, -0.2) is 4.98 Å². The number of rotatable bonds is 3. The number of nitrogens with one attached hydrogen (secondary N) is 3. The highest BCUT2D eigenvalue weighted by Crippen LogP contribution is 2.32. The first kappa shape index (κ1) is 14.8. The molecular weight excluding hydrogens is 300 g/mol. The van der Waals surface area contributed by atoms with Gasteiger partial charge in [0.15, 0.2) is 0 Å². The summed E-state index contributed by atoms with van der Waals surface area (Å²) >= 11 is 0. The van der Waals surface area contributed by atoms with Gasteiger partial charge in [0.25, 0.3) is 0 Å². The van der Waals surface area contributed by atoms with Crippen LogP contribution in [0.2, 0.25) is 0 Å². The molecule has 5 nitrogen and oxygen atoms in total. The number of hydrogen-bond acceptors (Lipinski definition) is 3. The predicted octanol–water partition coefficient (Wildman–Crippen LogP) is 4.01. The molecule has 1 amide bonds. The lowest BCUT2D eigenvalue weighted by Gasteiger charge is -2.26. The Bertz CT molecular complexity index is 899. The summed E-state index contributed by atoms with van der Waals surface area (Å²) in [5.74, 6) is 0.644. The second-order valence-electron chi connectivity index (χ2n) is 6.26. The third-order valence-corrected chi connectivity index (χ3v) is 4.50. The zero-order valence-electron chi connectivity index (χ0n) is 13.6. The van der Waals surface area contributed by atoms with E-state index in [1.807, 2.05) is 18.2 Å². The molecule has 1 aromatic heterocycles. The molecule has 122 valence electrons. The van der Waals surface area contributed by atoms with Crippen molar-refractivity contribution < 1.29 is 4.79 Å². The van der Waals surface area contributed by atoms with Gasteiger partial charge in [-0.15, -0.1) is 0 Å². The molecule has 0 bridgehead atoms. The van der Waals surface area contributed by atoms with Crippen LogP contribution in [-0.2, 0) is 11.2 Å². The maximum absolute atomic E-state index is 11.4. The summed E-state index contributed by atoms with van der Waals surface area (Å²) in [5.41, 5.74) is 5.18. The highest BCUT2D eigenvalue weighted by atomic mass is 16.1. The Labute approximate surface area is 140 Å². The Hall–Kier alpha value is -2.82. The van der Waals surface area contributed by atoms with E-state index in [4.69, 9.17) is 0 Å². The number of anilines is 2. The van der Waals surface area contributed by atoms with E-state index in [2.05, 4.69) is 44.9 Å². The largest absolute Gasteiger partial charge is 0.349 e. The van der Waals surface area contributed by atoms with E-state index in [9.17, 15) is 4.79 Å². The molecule has 3 N–H and O–H groups in total. The molecule has 0 spiro atoms. The summed E-state index contributed by atoms with van der Waals surface area (Å²) in [6, 6.07) is 14.6. The fourth-order valence-corrected chi connectivity index (χ4v) is 3.46. The van der Waals surface area contributed by atoms with Crippen LogP contribution in [0, 0.1) is 0 Å². The Kier molecular flexibility index (Phi) is 3.69. The molecule has 1 aliphatic carbocycles. The first-order chi connectivity index (χ1) is 11.7. The summed E-state index contributed by atoms with van der Waals surface area (Å²) in [7, 11) is 0. The van der Waals surface area contributed by atoms with Crippen LogP contribution in [0.15, 0.2) is 42.5 Å². The molecule has 2 aromatic carbocycles. The molecule has 0 saturated carbocycles. The lowest BCUT2D eigenvalue weighted by atomic mass is 9.88. The number of H-pyrrole nitrogens is 1. The van der Waals surface area contributed by atoms with Crippen LogP contribution in [0.4, 0.5) is 11.6 Å². The summed E-state index contributed by atoms with van der Waals surface area (Å²) in [5, 5.41) is 6.36. The van der Waals surface area contributed by atoms with E-state index in [1.54, 1.807) is 0 Å². The van der Waals surface area contributed by atoms with Crippen molar-refractivity contribution in [2.24, 2.45) is 0 Å². The average Bonchev–Trinajstić information content (AvgIpc) is 2.98. The highest BCUT2D eigenvalue weighted by molar-refractivity contribution is 5.99. The summed E-state index contributed by atoms with van der Waals surface area (Å²) in [4.78, 5) is 19.3. The van der Waals surface area contributed by atoms with Gasteiger partial charge >= 0.3 is 0 Å². The van der Waals surface area contributed by atoms with Gasteiger partial charge in [0.05, 0.1) is 17.2 Å². The molecule has 3 aromatic rings. The maximum atomic E-state index is 11.4. The maximum Gasteiger partial charge on any atom is 0.221 e. The molecule has 1 atom stereocenters. The van der Waals surface area contributed by atoms with Crippen LogP contribution in [0.1, 0.15) is 36.9 Å². The van der Waals surface area contributed by atoms with E-state index in [0.717, 1.165) is 35.5 Å². The van der Waals surface area contributed by atoms with Crippen LogP contribution in [0.3, 0.4) is 0 Å². The van der Waals surface area contributed by atoms with Crippen molar-refractivity contribution in [3.63, 3.8) is 0 Å². The first-order valence-electron chi connectivity index (χ1n) is 8.31. The fourth-order valence-electron chi connectivity index (χ4n) is 3.46. The standard InChI is InChI=1S/C19H20N4O/c1-12(24)20-16-10-5-11-17-18(16)23-19(22-17)21-15-9-4-7-13-6-2-3-8-14(13)15/h2-3,5-6,8,10-11,15H,4,7,9H2,1H3,(H,20,24)(H2,21,22,23). The van der Waals surface area contributed by atoms with Gasteiger partial charge in [0.1, 0.15) is 5.52 Å². The van der Waals surface area contributed by atoms with Gasteiger partial charge < -0.3 is 15.6 Å². The van der Waals surface area contributed by atoms with Gasteiger partial charge in [-0.3, -0.25) is 4.79 Å². The molecule has 0 aliphatic heterocycles. The van der Waals surface area contributed by atoms with E-state index in [-0.39, 0.29) is 11.9 Å². The molecule has 1 unspecified atom stereocenters. The molecule has 0 radical (unpaired) electrons. The van der Waals surface area contributed by atoms with Crippen LogP contribution in [0.25, 0.3) is 11.0 Å². The first-order valence-corrected chi connectivity index (χ1v) is 8.31. The SMILES string of the molecule is CC(=O)Nc1cccc2[nH]c(NC3CCCc4ccccc43)nc12. The number of aromatic nitrogens is 2. The Morgan fingerprint density at radius 1 is 1.21 bits per heavy atom. The number of para-hydroxylation sites is 1. The molecule has 24 heavy (non-hydrogen) atoms. The summed E-state index contributed by atoms with van der Waals surface area (Å²) in [6.45, 7) is 1.50. The molecule has 0 saturated heterocycles. The van der Waals surface area contributed by atoms with Crippen molar-refractivity contribution >= 4 is 28.6 Å².